The fourth-order valence-electron chi connectivity index (χ4n) is 1.59. The van der Waals surface area contributed by atoms with E-state index in [1.54, 1.807) is 0 Å². The summed E-state index contributed by atoms with van der Waals surface area (Å²) in [4.78, 5) is 0. The minimum atomic E-state index is -1.92. The molecule has 74 valence electrons. The van der Waals surface area contributed by atoms with Gasteiger partial charge < -0.3 is 4.57 Å². The fourth-order valence-corrected chi connectivity index (χ4v) is 4.77. The first-order valence-electron chi connectivity index (χ1n) is 4.89. The third kappa shape index (κ3) is 2.94. The molecule has 0 rings (SSSR count). The van der Waals surface area contributed by atoms with E-state index in [2.05, 4.69) is 41.5 Å². The van der Waals surface area contributed by atoms with Gasteiger partial charge in [0.2, 0.25) is 0 Å². The zero-order chi connectivity index (χ0) is 9.94. The molecule has 0 aliphatic carbocycles. The van der Waals surface area contributed by atoms with E-state index in [9.17, 15) is 4.57 Å². The Morgan fingerprint density at radius 3 is 1.33 bits per heavy atom. The van der Waals surface area contributed by atoms with Crippen LogP contribution in [0, 0.1) is 5.92 Å². The smallest absolute Gasteiger partial charge is 0.0927 e. The molecule has 0 aliphatic rings. The molecule has 0 unspecified atom stereocenters. The van der Waals surface area contributed by atoms with Crippen molar-refractivity contribution in [3.8, 4) is 0 Å². The van der Waals surface area contributed by atoms with Gasteiger partial charge in [0.15, 0.2) is 0 Å². The van der Waals surface area contributed by atoms with Crippen LogP contribution in [0.1, 0.15) is 41.5 Å². The van der Waals surface area contributed by atoms with E-state index >= 15 is 0 Å². The van der Waals surface area contributed by atoms with Gasteiger partial charge in [-0.1, -0.05) is 41.5 Å². The largest absolute Gasteiger partial charge is 0.323 e. The van der Waals surface area contributed by atoms with E-state index in [0.29, 0.717) is 17.2 Å². The molecule has 0 heterocycles. The first-order valence-corrected chi connectivity index (χ1v) is 6.92. The lowest BCUT2D eigenvalue weighted by Crippen LogP contribution is -2.14. The summed E-state index contributed by atoms with van der Waals surface area (Å²) in [6.07, 6.45) is 0.905. The summed E-state index contributed by atoms with van der Waals surface area (Å²) >= 11 is 0. The normalized spacial score (nSPS) is 13.4. The molecule has 0 amide bonds. The molecular weight excluding hydrogens is 167 g/mol. The van der Waals surface area contributed by atoms with E-state index in [1.807, 2.05) is 0 Å². The van der Waals surface area contributed by atoms with Gasteiger partial charge in [-0.2, -0.15) is 0 Å². The summed E-state index contributed by atoms with van der Waals surface area (Å²) in [7, 11) is -1.92. The summed E-state index contributed by atoms with van der Waals surface area (Å²) in [5, 5.41) is 0. The van der Waals surface area contributed by atoms with Gasteiger partial charge in [0, 0.05) is 17.5 Å². The number of hydrogen-bond acceptors (Lipinski definition) is 1. The summed E-state index contributed by atoms with van der Waals surface area (Å²) in [5.74, 6) is 0.556. The second kappa shape index (κ2) is 4.46. The van der Waals surface area contributed by atoms with Gasteiger partial charge in [-0.3, -0.25) is 0 Å². The maximum atomic E-state index is 12.4. The van der Waals surface area contributed by atoms with Crippen LogP contribution in [-0.4, -0.2) is 17.5 Å². The molecule has 0 N–H and O–H groups in total. The van der Waals surface area contributed by atoms with Gasteiger partial charge in [-0.15, -0.1) is 0 Å². The molecule has 0 aromatic carbocycles. The van der Waals surface area contributed by atoms with Crippen molar-refractivity contribution in [3.05, 3.63) is 0 Å². The van der Waals surface area contributed by atoms with Gasteiger partial charge in [0.05, 0.1) is 7.14 Å². The maximum absolute atomic E-state index is 12.4. The van der Waals surface area contributed by atoms with Crippen LogP contribution < -0.4 is 0 Å². The summed E-state index contributed by atoms with van der Waals surface area (Å²) in [6, 6.07) is 0. The molecule has 1 nitrogen and oxygen atoms in total. The second-order valence-corrected chi connectivity index (χ2v) is 8.76. The highest BCUT2D eigenvalue weighted by atomic mass is 31.2. The summed E-state index contributed by atoms with van der Waals surface area (Å²) in [6.45, 7) is 12.6. The molecule has 2 heteroatoms. The predicted molar refractivity (Wildman–Crippen MR) is 57.6 cm³/mol. The van der Waals surface area contributed by atoms with Crippen LogP contribution in [0.15, 0.2) is 0 Å². The number of hydrogen-bond donors (Lipinski definition) is 0. The highest BCUT2D eigenvalue weighted by Crippen LogP contribution is 2.55. The van der Waals surface area contributed by atoms with Crippen molar-refractivity contribution in [3.63, 3.8) is 0 Å². The van der Waals surface area contributed by atoms with Crippen LogP contribution in [0.25, 0.3) is 0 Å². The Labute approximate surface area is 77.3 Å². The van der Waals surface area contributed by atoms with Gasteiger partial charge in [0.25, 0.3) is 0 Å². The highest BCUT2D eigenvalue weighted by molar-refractivity contribution is 7.65. The van der Waals surface area contributed by atoms with Crippen molar-refractivity contribution in [2.45, 2.75) is 52.9 Å². The first-order chi connectivity index (χ1) is 5.30. The lowest BCUT2D eigenvalue weighted by atomic mass is 10.3. The van der Waals surface area contributed by atoms with Crippen molar-refractivity contribution >= 4 is 7.14 Å². The standard InChI is InChI=1S/C10H23OP/c1-8(2)7-12(11,9(3)4)10(5)6/h8-10H,7H2,1-6H3. The minimum absolute atomic E-state index is 0.347. The Morgan fingerprint density at radius 1 is 0.917 bits per heavy atom. The van der Waals surface area contributed by atoms with Crippen LogP contribution >= 0.6 is 7.14 Å². The third-order valence-corrected chi connectivity index (χ3v) is 7.20. The lowest BCUT2D eigenvalue weighted by Gasteiger charge is -2.27. The van der Waals surface area contributed by atoms with E-state index in [1.165, 1.54) is 0 Å². The molecule has 0 fully saturated rings. The average Bonchev–Trinajstić information content (AvgIpc) is 1.84. The van der Waals surface area contributed by atoms with Gasteiger partial charge in [0.1, 0.15) is 0 Å². The van der Waals surface area contributed by atoms with Crippen LogP contribution in [0.3, 0.4) is 0 Å². The Hall–Kier alpha value is 0.230. The van der Waals surface area contributed by atoms with E-state index in [4.69, 9.17) is 0 Å². The van der Waals surface area contributed by atoms with Crippen molar-refractivity contribution in [2.24, 2.45) is 5.92 Å². The van der Waals surface area contributed by atoms with E-state index < -0.39 is 7.14 Å². The second-order valence-electron chi connectivity index (χ2n) is 4.62. The van der Waals surface area contributed by atoms with E-state index in [-0.39, 0.29) is 0 Å². The van der Waals surface area contributed by atoms with Crippen molar-refractivity contribution in [2.75, 3.05) is 6.16 Å². The zero-order valence-electron chi connectivity index (χ0n) is 9.29. The fraction of sp³-hybridized carbons (Fsp3) is 1.00. The molecule has 0 aromatic rings. The Morgan fingerprint density at radius 2 is 1.25 bits per heavy atom. The summed E-state index contributed by atoms with van der Waals surface area (Å²) < 4.78 is 12.4. The Kier molecular flexibility index (Phi) is 4.55. The molecule has 0 bridgehead atoms. The molecular formula is C10H23OP. The highest BCUT2D eigenvalue weighted by Gasteiger charge is 2.30. The van der Waals surface area contributed by atoms with Gasteiger partial charge in [-0.25, -0.2) is 0 Å². The molecule has 0 radical (unpaired) electrons. The quantitative estimate of drug-likeness (QED) is 0.616. The molecule has 0 saturated heterocycles. The first kappa shape index (κ1) is 12.2. The molecule has 0 saturated carbocycles. The molecule has 0 atom stereocenters. The van der Waals surface area contributed by atoms with Crippen LogP contribution in [-0.2, 0) is 4.57 Å². The number of rotatable bonds is 4. The van der Waals surface area contributed by atoms with Crippen LogP contribution in [0.2, 0.25) is 0 Å². The molecule has 12 heavy (non-hydrogen) atoms. The third-order valence-electron chi connectivity index (χ3n) is 2.40. The maximum Gasteiger partial charge on any atom is 0.0927 e. The van der Waals surface area contributed by atoms with Crippen LogP contribution in [0.4, 0.5) is 0 Å². The Bertz CT molecular complexity index is 159. The predicted octanol–water partition coefficient (Wildman–Crippen LogP) is 3.82. The topological polar surface area (TPSA) is 17.1 Å². The molecule has 0 aliphatic heterocycles. The van der Waals surface area contributed by atoms with Crippen molar-refractivity contribution in [1.29, 1.82) is 0 Å². The Balaban J connectivity index is 4.53. The van der Waals surface area contributed by atoms with Gasteiger partial charge in [-0.05, 0) is 5.92 Å². The summed E-state index contributed by atoms with van der Waals surface area (Å²) in [5.41, 5.74) is 0.694. The zero-order valence-corrected chi connectivity index (χ0v) is 10.2. The monoisotopic (exact) mass is 190 g/mol. The molecule has 0 aromatic heterocycles. The van der Waals surface area contributed by atoms with E-state index in [0.717, 1.165) is 6.16 Å². The van der Waals surface area contributed by atoms with Crippen molar-refractivity contribution < 1.29 is 4.57 Å². The average molecular weight is 190 g/mol. The van der Waals surface area contributed by atoms with Crippen molar-refractivity contribution in [1.82, 2.24) is 0 Å². The van der Waals surface area contributed by atoms with Crippen LogP contribution in [0.5, 0.6) is 0 Å². The molecule has 0 spiro atoms. The van der Waals surface area contributed by atoms with Gasteiger partial charge >= 0.3 is 0 Å². The lowest BCUT2D eigenvalue weighted by molar-refractivity contribution is 0.551. The minimum Gasteiger partial charge on any atom is -0.323 e. The SMILES string of the molecule is CC(C)CP(=O)(C(C)C)C(C)C.